The first-order valence-corrected chi connectivity index (χ1v) is 6.67. The first-order chi connectivity index (χ1) is 7.34. The summed E-state index contributed by atoms with van der Waals surface area (Å²) in [6.07, 6.45) is 2.46. The zero-order valence-electron chi connectivity index (χ0n) is 11.0. The highest BCUT2D eigenvalue weighted by Gasteiger charge is 2.80. The number of aliphatic hydroxyl groups excluding tert-OH is 1. The van der Waals surface area contributed by atoms with Gasteiger partial charge in [0.15, 0.2) is 0 Å². The second-order valence-corrected chi connectivity index (χ2v) is 7.09. The number of fused-ring (bicyclic) bond motifs is 1. The average Bonchev–Trinajstić information content (AvgIpc) is 2.78. The van der Waals surface area contributed by atoms with Crippen molar-refractivity contribution in [3.63, 3.8) is 0 Å². The molecule has 3 fully saturated rings. The van der Waals surface area contributed by atoms with Crippen LogP contribution in [0.4, 0.5) is 0 Å². The number of hydrogen-bond acceptors (Lipinski definition) is 1. The van der Waals surface area contributed by atoms with Gasteiger partial charge in [-0.2, -0.15) is 0 Å². The minimum absolute atomic E-state index is 0.0499. The first-order valence-electron chi connectivity index (χ1n) is 6.67. The van der Waals surface area contributed by atoms with Gasteiger partial charge in [0.1, 0.15) is 0 Å². The van der Waals surface area contributed by atoms with E-state index in [2.05, 4.69) is 34.3 Å². The molecule has 3 aliphatic carbocycles. The van der Waals surface area contributed by atoms with Crippen molar-refractivity contribution in [1.82, 2.24) is 0 Å². The van der Waals surface area contributed by atoms with Crippen molar-refractivity contribution < 1.29 is 5.11 Å². The highest BCUT2D eigenvalue weighted by atomic mass is 16.3. The fraction of sp³-hybridized carbons (Fsp3) is 0.867. The molecule has 3 aliphatic rings. The van der Waals surface area contributed by atoms with E-state index in [1.165, 1.54) is 18.4 Å². The number of hydrogen-bond donors (Lipinski definition) is 1. The van der Waals surface area contributed by atoms with Crippen LogP contribution in [-0.2, 0) is 0 Å². The van der Waals surface area contributed by atoms with Crippen LogP contribution in [0.2, 0.25) is 0 Å². The molecule has 0 spiro atoms. The van der Waals surface area contributed by atoms with E-state index >= 15 is 0 Å². The topological polar surface area (TPSA) is 20.2 Å². The van der Waals surface area contributed by atoms with E-state index in [9.17, 15) is 5.11 Å². The van der Waals surface area contributed by atoms with Crippen molar-refractivity contribution in [3.05, 3.63) is 12.2 Å². The lowest BCUT2D eigenvalue weighted by Crippen LogP contribution is -2.41. The molecule has 16 heavy (non-hydrogen) atoms. The summed E-state index contributed by atoms with van der Waals surface area (Å²) < 4.78 is 0. The Bertz CT molecular complexity index is 360. The Morgan fingerprint density at radius 2 is 2.00 bits per heavy atom. The summed E-state index contributed by atoms with van der Waals surface area (Å²) in [6.45, 7) is 13.4. The largest absolute Gasteiger partial charge is 0.393 e. The standard InChI is InChI=1S/C15H24O/c1-8(2)10-6-11-12-13(16)9(3)14(4,7-10)15(11,12)5/h9-13,16H,1,6-7H2,2-5H3/t9-,10-,11-,12-,13-,14+,15-/m1/s1. The molecule has 0 aromatic carbocycles. The normalized spacial score (nSPS) is 62.9. The van der Waals surface area contributed by atoms with Gasteiger partial charge in [-0.25, -0.2) is 0 Å². The molecule has 0 aliphatic heterocycles. The van der Waals surface area contributed by atoms with E-state index in [0.29, 0.717) is 28.6 Å². The first kappa shape index (κ1) is 10.8. The molecule has 0 saturated heterocycles. The molecular weight excluding hydrogens is 196 g/mol. The third-order valence-corrected chi connectivity index (χ3v) is 6.81. The molecular formula is C15H24O. The van der Waals surface area contributed by atoms with Gasteiger partial charge >= 0.3 is 0 Å². The summed E-state index contributed by atoms with van der Waals surface area (Å²) in [4.78, 5) is 0. The average molecular weight is 220 g/mol. The third-order valence-electron chi connectivity index (χ3n) is 6.81. The summed E-state index contributed by atoms with van der Waals surface area (Å²) in [5.41, 5.74) is 2.11. The van der Waals surface area contributed by atoms with Crippen LogP contribution in [0.1, 0.15) is 40.5 Å². The predicted molar refractivity (Wildman–Crippen MR) is 65.9 cm³/mol. The van der Waals surface area contributed by atoms with E-state index in [-0.39, 0.29) is 6.10 Å². The molecule has 0 radical (unpaired) electrons. The molecule has 3 rings (SSSR count). The number of aliphatic hydroxyl groups is 1. The molecule has 1 heteroatoms. The van der Waals surface area contributed by atoms with Gasteiger partial charge in [0.25, 0.3) is 0 Å². The van der Waals surface area contributed by atoms with E-state index in [1.54, 1.807) is 0 Å². The van der Waals surface area contributed by atoms with E-state index in [4.69, 9.17) is 0 Å². The highest BCUT2D eigenvalue weighted by Crippen LogP contribution is 2.82. The summed E-state index contributed by atoms with van der Waals surface area (Å²) in [7, 11) is 0. The monoisotopic (exact) mass is 220 g/mol. The fourth-order valence-corrected chi connectivity index (χ4v) is 5.29. The molecule has 1 N–H and O–H groups in total. The molecule has 0 aromatic heterocycles. The molecule has 0 aromatic rings. The zero-order chi connectivity index (χ0) is 11.9. The molecule has 0 amide bonds. The van der Waals surface area contributed by atoms with Crippen LogP contribution >= 0.6 is 0 Å². The quantitative estimate of drug-likeness (QED) is 0.673. The van der Waals surface area contributed by atoms with Crippen molar-refractivity contribution in [3.8, 4) is 0 Å². The minimum Gasteiger partial charge on any atom is -0.393 e. The van der Waals surface area contributed by atoms with Gasteiger partial charge in [-0.1, -0.05) is 32.9 Å². The Balaban J connectivity index is 1.98. The summed E-state index contributed by atoms with van der Waals surface area (Å²) in [6, 6.07) is 0. The van der Waals surface area contributed by atoms with Crippen LogP contribution in [0.3, 0.4) is 0 Å². The summed E-state index contributed by atoms with van der Waals surface area (Å²) >= 11 is 0. The molecule has 0 bridgehead atoms. The zero-order valence-corrected chi connectivity index (χ0v) is 11.0. The van der Waals surface area contributed by atoms with Gasteiger partial charge in [-0.3, -0.25) is 0 Å². The third kappa shape index (κ3) is 0.895. The van der Waals surface area contributed by atoms with E-state index < -0.39 is 0 Å². The lowest BCUT2D eigenvalue weighted by atomic mass is 9.58. The van der Waals surface area contributed by atoms with Crippen molar-refractivity contribution in [2.75, 3.05) is 0 Å². The lowest BCUT2D eigenvalue weighted by molar-refractivity contribution is -0.00492. The van der Waals surface area contributed by atoms with Gasteiger partial charge in [-0.15, -0.1) is 0 Å². The van der Waals surface area contributed by atoms with Crippen LogP contribution in [0.15, 0.2) is 12.2 Å². The van der Waals surface area contributed by atoms with Crippen molar-refractivity contribution in [2.45, 2.75) is 46.6 Å². The molecule has 7 atom stereocenters. The van der Waals surface area contributed by atoms with Crippen LogP contribution in [0, 0.1) is 34.5 Å². The Kier molecular flexibility index (Phi) is 1.86. The molecule has 0 heterocycles. The second-order valence-electron chi connectivity index (χ2n) is 7.09. The highest BCUT2D eigenvalue weighted by molar-refractivity contribution is 5.29. The van der Waals surface area contributed by atoms with Gasteiger partial charge in [0.05, 0.1) is 6.10 Å². The van der Waals surface area contributed by atoms with Crippen molar-refractivity contribution in [2.24, 2.45) is 34.5 Å². The van der Waals surface area contributed by atoms with Crippen LogP contribution in [0.25, 0.3) is 0 Å². The van der Waals surface area contributed by atoms with Crippen LogP contribution < -0.4 is 0 Å². The smallest absolute Gasteiger partial charge is 0.0607 e. The summed E-state index contributed by atoms with van der Waals surface area (Å²) in [5, 5.41) is 10.3. The van der Waals surface area contributed by atoms with Crippen molar-refractivity contribution in [1.29, 1.82) is 0 Å². The van der Waals surface area contributed by atoms with Gasteiger partial charge in [0.2, 0.25) is 0 Å². The maximum atomic E-state index is 10.3. The Hall–Kier alpha value is -0.300. The van der Waals surface area contributed by atoms with Crippen LogP contribution in [-0.4, -0.2) is 11.2 Å². The van der Waals surface area contributed by atoms with Crippen molar-refractivity contribution >= 4 is 0 Å². The van der Waals surface area contributed by atoms with Gasteiger partial charge in [0, 0.05) is 0 Å². The Morgan fingerprint density at radius 1 is 1.38 bits per heavy atom. The van der Waals surface area contributed by atoms with E-state index in [1.807, 2.05) is 0 Å². The second kappa shape index (κ2) is 2.75. The number of allylic oxidation sites excluding steroid dienone is 1. The Morgan fingerprint density at radius 3 is 2.56 bits per heavy atom. The van der Waals surface area contributed by atoms with Crippen LogP contribution in [0.5, 0.6) is 0 Å². The summed E-state index contributed by atoms with van der Waals surface area (Å²) in [5.74, 6) is 2.50. The van der Waals surface area contributed by atoms with Gasteiger partial charge in [-0.05, 0) is 54.3 Å². The predicted octanol–water partition coefficient (Wildman–Crippen LogP) is 3.24. The maximum Gasteiger partial charge on any atom is 0.0607 e. The Labute approximate surface area is 98.9 Å². The SMILES string of the molecule is C=C(C)[C@@H]1C[C@@H]2[C@@H]3[C@H](O)[C@@H](C)[C@](C)(C1)[C@@]32C. The fourth-order valence-electron chi connectivity index (χ4n) is 5.29. The number of rotatable bonds is 1. The lowest BCUT2D eigenvalue weighted by Gasteiger charge is -2.46. The van der Waals surface area contributed by atoms with E-state index in [0.717, 1.165) is 5.92 Å². The molecule has 90 valence electrons. The maximum absolute atomic E-state index is 10.3. The van der Waals surface area contributed by atoms with Gasteiger partial charge < -0.3 is 5.11 Å². The molecule has 1 nitrogen and oxygen atoms in total. The molecule has 3 saturated carbocycles. The minimum atomic E-state index is -0.0499. The molecule has 0 unspecified atom stereocenters.